The number of anilines is 1. The molecule has 0 bridgehead atoms. The highest BCUT2D eigenvalue weighted by Gasteiger charge is 2.36. The maximum Gasteiger partial charge on any atom is 0.216 e. The van der Waals surface area contributed by atoms with E-state index in [1.54, 1.807) is 19.1 Å². The van der Waals surface area contributed by atoms with E-state index in [1.165, 1.54) is 6.20 Å². The molecule has 8 nitrogen and oxygen atoms in total. The summed E-state index contributed by atoms with van der Waals surface area (Å²) in [4.78, 5) is 17.7. The Kier molecular flexibility index (Phi) is 6.61. The van der Waals surface area contributed by atoms with Crippen LogP contribution >= 0.6 is 0 Å². The standard InChI is InChI=1S/C28H29N3O5S/c1-17-15-21(27-22(16-17)25(32)18(2)26(36-27)20-9-5-4-6-10-20)19(3)30-23-11-7-12-29-24(23)28(33)31-13-8-14-37(31,34)35/h4-7,9-12,15-16,19,28,30,33H,8,13-14H2,1-3H3/t19-,28?/m1/s1. The van der Waals surface area contributed by atoms with Crippen molar-refractivity contribution < 1.29 is 17.9 Å². The molecule has 1 fully saturated rings. The van der Waals surface area contributed by atoms with Crippen molar-refractivity contribution in [3.63, 3.8) is 0 Å². The van der Waals surface area contributed by atoms with Crippen LogP contribution in [0.15, 0.2) is 70.0 Å². The van der Waals surface area contributed by atoms with Crippen molar-refractivity contribution in [2.24, 2.45) is 0 Å². The van der Waals surface area contributed by atoms with Gasteiger partial charge in [-0.3, -0.25) is 9.78 Å². The van der Waals surface area contributed by atoms with Gasteiger partial charge < -0.3 is 14.8 Å². The number of pyridine rings is 1. The van der Waals surface area contributed by atoms with E-state index in [9.17, 15) is 18.3 Å². The highest BCUT2D eigenvalue weighted by atomic mass is 32.2. The molecule has 1 aliphatic heterocycles. The summed E-state index contributed by atoms with van der Waals surface area (Å²) in [7, 11) is -3.54. The van der Waals surface area contributed by atoms with Gasteiger partial charge in [-0.1, -0.05) is 36.4 Å². The number of hydrogen-bond acceptors (Lipinski definition) is 7. The topological polar surface area (TPSA) is 113 Å². The number of aryl methyl sites for hydroxylation is 1. The molecule has 0 spiro atoms. The van der Waals surface area contributed by atoms with Crippen molar-refractivity contribution in [2.45, 2.75) is 39.5 Å². The summed E-state index contributed by atoms with van der Waals surface area (Å²) in [6.07, 6.45) is 0.582. The molecule has 0 aliphatic carbocycles. The molecule has 2 aromatic heterocycles. The number of rotatable bonds is 6. The molecule has 9 heteroatoms. The van der Waals surface area contributed by atoms with E-state index in [1.807, 2.05) is 56.3 Å². The molecule has 1 saturated heterocycles. The summed E-state index contributed by atoms with van der Waals surface area (Å²) in [5.41, 5.74) is 4.14. The van der Waals surface area contributed by atoms with E-state index in [2.05, 4.69) is 10.3 Å². The predicted molar refractivity (Wildman–Crippen MR) is 144 cm³/mol. The third-order valence-corrected chi connectivity index (χ3v) is 8.66. The third kappa shape index (κ3) is 4.66. The van der Waals surface area contributed by atoms with Gasteiger partial charge in [0.25, 0.3) is 0 Å². The minimum Gasteiger partial charge on any atom is -0.455 e. The zero-order valence-corrected chi connectivity index (χ0v) is 21.7. The summed E-state index contributed by atoms with van der Waals surface area (Å²) in [5.74, 6) is 0.528. The summed E-state index contributed by atoms with van der Waals surface area (Å²) in [6, 6.07) is 16.4. The van der Waals surface area contributed by atoms with Crippen LogP contribution in [0.5, 0.6) is 0 Å². The summed E-state index contributed by atoms with van der Waals surface area (Å²) in [5, 5.41) is 14.8. The van der Waals surface area contributed by atoms with Crippen LogP contribution in [0.2, 0.25) is 0 Å². The number of hydrogen-bond donors (Lipinski definition) is 2. The Bertz CT molecular complexity index is 1630. The van der Waals surface area contributed by atoms with Crippen molar-refractivity contribution in [1.29, 1.82) is 0 Å². The zero-order chi connectivity index (χ0) is 26.3. The first-order valence-electron chi connectivity index (χ1n) is 12.2. The third-order valence-electron chi connectivity index (χ3n) is 6.76. The molecule has 4 aromatic rings. The Hall–Kier alpha value is -3.53. The molecule has 37 heavy (non-hydrogen) atoms. The molecule has 2 N–H and O–H groups in total. The minimum atomic E-state index is -3.54. The van der Waals surface area contributed by atoms with Gasteiger partial charge in [0.1, 0.15) is 17.0 Å². The molecule has 3 heterocycles. The fourth-order valence-corrected chi connectivity index (χ4v) is 6.42. The molecule has 1 aliphatic rings. The maximum atomic E-state index is 13.4. The Morgan fingerprint density at radius 2 is 1.86 bits per heavy atom. The summed E-state index contributed by atoms with van der Waals surface area (Å²) >= 11 is 0. The quantitative estimate of drug-likeness (QED) is 0.381. The average Bonchev–Trinajstić information content (AvgIpc) is 3.25. The number of nitrogens with zero attached hydrogens (tertiary/aromatic N) is 2. The van der Waals surface area contributed by atoms with Crippen LogP contribution in [-0.4, -0.2) is 35.1 Å². The fraction of sp³-hybridized carbons (Fsp3) is 0.286. The highest BCUT2D eigenvalue weighted by Crippen LogP contribution is 2.34. The maximum absolute atomic E-state index is 13.4. The Balaban J connectivity index is 1.58. The van der Waals surface area contributed by atoms with Gasteiger partial charge in [0.05, 0.1) is 22.9 Å². The van der Waals surface area contributed by atoms with Crippen molar-refractivity contribution in [3.8, 4) is 11.3 Å². The molecular weight excluding hydrogens is 490 g/mol. The monoisotopic (exact) mass is 519 g/mol. The lowest BCUT2D eigenvalue weighted by molar-refractivity contribution is 0.0649. The Morgan fingerprint density at radius 1 is 1.11 bits per heavy atom. The van der Waals surface area contributed by atoms with Crippen LogP contribution in [0.25, 0.3) is 22.3 Å². The van der Waals surface area contributed by atoms with Crippen molar-refractivity contribution in [1.82, 2.24) is 9.29 Å². The highest BCUT2D eigenvalue weighted by molar-refractivity contribution is 7.89. The molecule has 0 radical (unpaired) electrons. The number of nitrogens with one attached hydrogen (secondary N) is 1. The molecule has 2 aromatic carbocycles. The van der Waals surface area contributed by atoms with Crippen LogP contribution in [0, 0.1) is 13.8 Å². The second-order valence-corrected chi connectivity index (χ2v) is 11.5. The molecular formula is C28H29N3O5S. The number of aliphatic hydroxyl groups is 1. The number of aliphatic hydroxyl groups excluding tert-OH is 1. The van der Waals surface area contributed by atoms with E-state index < -0.39 is 16.3 Å². The lowest BCUT2D eigenvalue weighted by Gasteiger charge is -2.25. The second kappa shape index (κ2) is 9.74. The lowest BCUT2D eigenvalue weighted by Crippen LogP contribution is -2.31. The summed E-state index contributed by atoms with van der Waals surface area (Å²) in [6.45, 7) is 5.86. The SMILES string of the molecule is Cc1cc([C@@H](C)Nc2cccnc2C(O)N2CCCS2(=O)=O)c2oc(-c3ccccc3)c(C)c(=O)c2c1. The first-order valence-corrected chi connectivity index (χ1v) is 13.8. The summed E-state index contributed by atoms with van der Waals surface area (Å²) < 4.78 is 32.3. The fourth-order valence-electron chi connectivity index (χ4n) is 4.88. The Labute approximate surface area is 215 Å². The van der Waals surface area contributed by atoms with Crippen molar-refractivity contribution >= 4 is 26.7 Å². The molecule has 5 rings (SSSR count). The van der Waals surface area contributed by atoms with Gasteiger partial charge in [0.2, 0.25) is 10.0 Å². The van der Waals surface area contributed by atoms with E-state index in [4.69, 9.17) is 4.42 Å². The lowest BCUT2D eigenvalue weighted by atomic mass is 9.98. The van der Waals surface area contributed by atoms with Crippen LogP contribution < -0.4 is 10.7 Å². The number of aromatic nitrogens is 1. The van der Waals surface area contributed by atoms with E-state index >= 15 is 0 Å². The van der Waals surface area contributed by atoms with E-state index in [0.717, 1.165) is 21.0 Å². The van der Waals surface area contributed by atoms with Gasteiger partial charge in [-0.2, -0.15) is 4.31 Å². The van der Waals surface area contributed by atoms with Crippen molar-refractivity contribution in [2.75, 3.05) is 17.6 Å². The average molecular weight is 520 g/mol. The van der Waals surface area contributed by atoms with Gasteiger partial charge in [0.15, 0.2) is 11.7 Å². The first kappa shape index (κ1) is 25.1. The molecule has 0 saturated carbocycles. The predicted octanol–water partition coefficient (Wildman–Crippen LogP) is 4.67. The van der Waals surface area contributed by atoms with Gasteiger partial charge >= 0.3 is 0 Å². The van der Waals surface area contributed by atoms with Crippen LogP contribution in [0.1, 0.15) is 48.0 Å². The van der Waals surface area contributed by atoms with Crippen LogP contribution in [0.3, 0.4) is 0 Å². The van der Waals surface area contributed by atoms with Crippen molar-refractivity contribution in [3.05, 3.63) is 93.4 Å². The first-order chi connectivity index (χ1) is 17.7. The second-order valence-electron chi connectivity index (χ2n) is 9.44. The number of fused-ring (bicyclic) bond motifs is 1. The van der Waals surface area contributed by atoms with E-state index in [0.29, 0.717) is 34.4 Å². The normalized spacial score (nSPS) is 17.1. The van der Waals surface area contributed by atoms with Gasteiger partial charge in [0, 0.05) is 29.4 Å². The smallest absolute Gasteiger partial charge is 0.216 e. The number of benzene rings is 2. The van der Waals surface area contributed by atoms with E-state index in [-0.39, 0.29) is 29.5 Å². The van der Waals surface area contributed by atoms with Crippen LogP contribution in [-0.2, 0) is 10.0 Å². The van der Waals surface area contributed by atoms with Gasteiger partial charge in [-0.25, -0.2) is 8.42 Å². The van der Waals surface area contributed by atoms with Gasteiger partial charge in [-0.05, 0) is 51.0 Å². The largest absolute Gasteiger partial charge is 0.455 e. The van der Waals surface area contributed by atoms with Gasteiger partial charge in [-0.15, -0.1) is 0 Å². The molecule has 1 unspecified atom stereocenters. The minimum absolute atomic E-state index is 0.00748. The molecule has 192 valence electrons. The molecule has 0 amide bonds. The number of sulfonamides is 1. The Morgan fingerprint density at radius 3 is 2.57 bits per heavy atom. The zero-order valence-electron chi connectivity index (χ0n) is 20.9. The molecule has 2 atom stereocenters. The van der Waals surface area contributed by atoms with Crippen LogP contribution in [0.4, 0.5) is 5.69 Å².